The van der Waals surface area contributed by atoms with E-state index in [2.05, 4.69) is 14.4 Å². The number of pyridine rings is 1. The lowest BCUT2D eigenvalue weighted by molar-refractivity contribution is 0.484. The van der Waals surface area contributed by atoms with Gasteiger partial charge in [-0.3, -0.25) is 0 Å². The van der Waals surface area contributed by atoms with Gasteiger partial charge in [0.05, 0.1) is 11.2 Å². The van der Waals surface area contributed by atoms with E-state index in [0.29, 0.717) is 26.9 Å². The van der Waals surface area contributed by atoms with Gasteiger partial charge in [-0.25, -0.2) is 9.71 Å². The zero-order valence-corrected chi connectivity index (χ0v) is 18.8. The van der Waals surface area contributed by atoms with E-state index in [9.17, 15) is 9.11 Å². The number of furan rings is 1. The summed E-state index contributed by atoms with van der Waals surface area (Å²) in [6.07, 6.45) is 1.35. The van der Waals surface area contributed by atoms with Crippen molar-refractivity contribution in [2.45, 2.75) is 9.99 Å². The standard InChI is InChI=1S/C19H12Cl3N3O3S2/c20-12-5-6-15(24-29(26)13-9-14(21)19(22)23-10-13)16(8-12)25-30(27)18-7-11-3-1-2-4-17(11)28-18/h1-10,24-25H. The van der Waals surface area contributed by atoms with Crippen LogP contribution in [-0.2, 0) is 22.7 Å². The summed E-state index contributed by atoms with van der Waals surface area (Å²) < 4.78 is 36.8. The smallest absolute Gasteiger partial charge is 0.339 e. The second-order valence-electron chi connectivity index (χ2n) is 5.98. The highest BCUT2D eigenvalue weighted by Gasteiger charge is 2.22. The summed E-state index contributed by atoms with van der Waals surface area (Å²) in [5, 5.41) is 1.79. The minimum Gasteiger partial charge on any atom is -0.588 e. The van der Waals surface area contributed by atoms with E-state index >= 15 is 0 Å². The van der Waals surface area contributed by atoms with Crippen LogP contribution in [-0.4, -0.2) is 14.1 Å². The van der Waals surface area contributed by atoms with Crippen molar-refractivity contribution < 1.29 is 13.5 Å². The van der Waals surface area contributed by atoms with Crippen LogP contribution in [0, 0.1) is 0 Å². The molecule has 4 aromatic rings. The van der Waals surface area contributed by atoms with Gasteiger partial charge in [0.15, 0.2) is 4.90 Å². The number of anilines is 2. The maximum atomic E-state index is 12.8. The van der Waals surface area contributed by atoms with E-state index < -0.39 is 22.7 Å². The Morgan fingerprint density at radius 3 is 2.40 bits per heavy atom. The van der Waals surface area contributed by atoms with E-state index in [1.54, 1.807) is 30.3 Å². The van der Waals surface area contributed by atoms with Crippen molar-refractivity contribution in [1.82, 2.24) is 4.98 Å². The Bertz CT molecular complexity index is 1180. The Balaban J connectivity index is 1.57. The van der Waals surface area contributed by atoms with Gasteiger partial charge in [-0.1, -0.05) is 53.0 Å². The fourth-order valence-electron chi connectivity index (χ4n) is 2.55. The number of fused-ring (bicyclic) bond motifs is 1. The summed E-state index contributed by atoms with van der Waals surface area (Å²) in [5.41, 5.74) is 1.41. The van der Waals surface area contributed by atoms with E-state index in [1.807, 2.05) is 18.2 Å². The monoisotopic (exact) mass is 499 g/mol. The highest BCUT2D eigenvalue weighted by molar-refractivity contribution is 7.93. The predicted molar refractivity (Wildman–Crippen MR) is 122 cm³/mol. The van der Waals surface area contributed by atoms with Gasteiger partial charge in [-0.15, -0.1) is 0 Å². The molecule has 30 heavy (non-hydrogen) atoms. The van der Waals surface area contributed by atoms with Gasteiger partial charge in [0.1, 0.15) is 44.8 Å². The lowest BCUT2D eigenvalue weighted by Crippen LogP contribution is -2.17. The minimum absolute atomic E-state index is 0.118. The third-order valence-electron chi connectivity index (χ3n) is 3.96. The molecule has 6 nitrogen and oxygen atoms in total. The van der Waals surface area contributed by atoms with E-state index in [4.69, 9.17) is 39.2 Å². The van der Waals surface area contributed by atoms with Crippen LogP contribution in [0.3, 0.4) is 0 Å². The van der Waals surface area contributed by atoms with E-state index in [-0.39, 0.29) is 15.3 Å². The largest absolute Gasteiger partial charge is 0.588 e. The molecule has 0 bridgehead atoms. The van der Waals surface area contributed by atoms with Crippen molar-refractivity contribution in [3.05, 3.63) is 76.0 Å². The summed E-state index contributed by atoms with van der Waals surface area (Å²) in [4.78, 5) is 4.21. The molecule has 0 aliphatic heterocycles. The molecule has 4 rings (SSSR count). The fourth-order valence-corrected chi connectivity index (χ4v) is 4.80. The molecule has 2 unspecified atom stereocenters. The zero-order valence-electron chi connectivity index (χ0n) is 14.9. The molecule has 0 saturated carbocycles. The maximum Gasteiger partial charge on any atom is 0.339 e. The minimum atomic E-state index is -1.72. The average molecular weight is 501 g/mol. The Morgan fingerprint density at radius 1 is 0.867 bits per heavy atom. The number of aromatic nitrogens is 1. The number of hydrogen-bond donors (Lipinski definition) is 2. The number of rotatable bonds is 6. The predicted octanol–water partition coefficient (Wildman–Crippen LogP) is 6.06. The molecule has 0 saturated heterocycles. The van der Waals surface area contributed by atoms with E-state index in [0.717, 1.165) is 5.39 Å². The first-order chi connectivity index (χ1) is 14.4. The van der Waals surface area contributed by atoms with Crippen molar-refractivity contribution >= 4 is 79.9 Å². The van der Waals surface area contributed by atoms with Crippen LogP contribution in [0.5, 0.6) is 0 Å². The molecular weight excluding hydrogens is 489 g/mol. The molecule has 154 valence electrons. The van der Waals surface area contributed by atoms with Crippen LogP contribution in [0.15, 0.2) is 75.2 Å². The maximum absolute atomic E-state index is 12.8. The Hall–Kier alpha value is -1.78. The topological polar surface area (TPSA) is 96.2 Å². The number of para-hydroxylation sites is 1. The first-order valence-corrected chi connectivity index (χ1v) is 11.8. The van der Waals surface area contributed by atoms with Gasteiger partial charge in [0.25, 0.3) is 0 Å². The second kappa shape index (κ2) is 9.15. The van der Waals surface area contributed by atoms with Gasteiger partial charge in [-0.2, -0.15) is 4.72 Å². The van der Waals surface area contributed by atoms with Crippen molar-refractivity contribution in [2.75, 3.05) is 9.44 Å². The molecule has 0 aliphatic rings. The lowest BCUT2D eigenvalue weighted by Gasteiger charge is -2.16. The normalized spacial score (nSPS) is 13.2. The van der Waals surface area contributed by atoms with Crippen molar-refractivity contribution in [2.24, 2.45) is 0 Å². The summed E-state index contributed by atoms with van der Waals surface area (Å²) in [5.74, 6) is 0. The molecule has 11 heteroatoms. The van der Waals surface area contributed by atoms with Crippen LogP contribution in [0.25, 0.3) is 11.0 Å². The van der Waals surface area contributed by atoms with Gasteiger partial charge in [0, 0.05) is 22.5 Å². The number of benzene rings is 2. The van der Waals surface area contributed by atoms with Crippen LogP contribution < -0.4 is 9.44 Å². The molecule has 0 amide bonds. The Labute approximate surface area is 193 Å². The molecule has 2 atom stereocenters. The average Bonchev–Trinajstić information content (AvgIpc) is 3.16. The summed E-state index contributed by atoms with van der Waals surface area (Å²) >= 11 is 14.4. The molecular formula is C19H12Cl3N3O3S2. The quantitative estimate of drug-likeness (QED) is 0.247. The third kappa shape index (κ3) is 4.76. The number of hydrogen-bond acceptors (Lipinski definition) is 6. The first kappa shape index (κ1) is 21.5. The number of halogens is 3. The van der Waals surface area contributed by atoms with Crippen LogP contribution in [0.1, 0.15) is 0 Å². The molecule has 0 fully saturated rings. The summed E-state index contributed by atoms with van der Waals surface area (Å²) in [6.45, 7) is 0. The summed E-state index contributed by atoms with van der Waals surface area (Å²) in [7, 11) is 0. The molecule has 0 spiro atoms. The van der Waals surface area contributed by atoms with Crippen molar-refractivity contribution in [1.29, 1.82) is 0 Å². The van der Waals surface area contributed by atoms with Crippen LogP contribution >= 0.6 is 34.8 Å². The Morgan fingerprint density at radius 2 is 1.63 bits per heavy atom. The number of nitrogens with zero attached hydrogens (tertiary/aromatic N) is 1. The van der Waals surface area contributed by atoms with Crippen LogP contribution in [0.2, 0.25) is 15.2 Å². The molecule has 2 heterocycles. The molecule has 0 radical (unpaired) electrons. The molecule has 0 aliphatic carbocycles. The summed E-state index contributed by atoms with van der Waals surface area (Å²) in [6, 6.07) is 15.3. The fraction of sp³-hybridized carbons (Fsp3) is 0. The van der Waals surface area contributed by atoms with Crippen molar-refractivity contribution in [3.63, 3.8) is 0 Å². The van der Waals surface area contributed by atoms with Gasteiger partial charge >= 0.3 is 5.09 Å². The lowest BCUT2D eigenvalue weighted by atomic mass is 10.3. The first-order valence-electron chi connectivity index (χ1n) is 8.37. The SMILES string of the molecule is [O-][S+](Nc1ccc(Cl)cc1N[S+]([O-])c1cc2ccccc2o1)c1cnc(Cl)c(Cl)c1. The second-order valence-corrected chi connectivity index (χ2v) is 9.54. The highest BCUT2D eigenvalue weighted by Crippen LogP contribution is 2.32. The van der Waals surface area contributed by atoms with Crippen molar-refractivity contribution in [3.8, 4) is 0 Å². The molecule has 2 aromatic heterocycles. The highest BCUT2D eigenvalue weighted by atomic mass is 35.5. The zero-order chi connectivity index (χ0) is 21.3. The van der Waals surface area contributed by atoms with Gasteiger partial charge in [0.2, 0.25) is 0 Å². The molecule has 2 aromatic carbocycles. The van der Waals surface area contributed by atoms with E-state index in [1.165, 1.54) is 12.3 Å². The van der Waals surface area contributed by atoms with Gasteiger partial charge < -0.3 is 13.5 Å². The molecule has 2 N–H and O–H groups in total. The number of nitrogens with one attached hydrogen (secondary N) is 2. The Kier molecular flexibility index (Phi) is 6.54. The van der Waals surface area contributed by atoms with Crippen LogP contribution in [0.4, 0.5) is 11.4 Å². The third-order valence-corrected chi connectivity index (χ3v) is 6.91. The van der Waals surface area contributed by atoms with Gasteiger partial charge in [-0.05, 0) is 24.3 Å².